The van der Waals surface area contributed by atoms with Gasteiger partial charge in [0.15, 0.2) is 0 Å². The third kappa shape index (κ3) is 2.75. The maximum absolute atomic E-state index is 12.6. The third-order valence-corrected chi connectivity index (χ3v) is 3.97. The van der Waals surface area contributed by atoms with Crippen LogP contribution >= 0.6 is 0 Å². The van der Waals surface area contributed by atoms with Crippen LogP contribution in [0.1, 0.15) is 16.8 Å². The molecule has 2 aromatic rings. The van der Waals surface area contributed by atoms with Crippen molar-refractivity contribution >= 4 is 16.7 Å². The van der Waals surface area contributed by atoms with Gasteiger partial charge in [-0.25, -0.2) is 0 Å². The van der Waals surface area contributed by atoms with Crippen molar-refractivity contribution in [3.8, 4) is 0 Å². The Kier molecular flexibility index (Phi) is 4.22. The van der Waals surface area contributed by atoms with E-state index in [4.69, 9.17) is 9.47 Å². The van der Waals surface area contributed by atoms with Crippen molar-refractivity contribution in [3.05, 3.63) is 46.4 Å². The van der Waals surface area contributed by atoms with Gasteiger partial charge in [0, 0.05) is 30.7 Å². The summed E-state index contributed by atoms with van der Waals surface area (Å²) in [7, 11) is 1.63. The van der Waals surface area contributed by atoms with Crippen LogP contribution in [0.5, 0.6) is 0 Å². The first kappa shape index (κ1) is 14.7. The minimum Gasteiger partial charge on any atom is -0.379 e. The van der Waals surface area contributed by atoms with E-state index < -0.39 is 0 Å². The largest absolute Gasteiger partial charge is 0.379 e. The van der Waals surface area contributed by atoms with E-state index in [0.717, 1.165) is 6.42 Å². The van der Waals surface area contributed by atoms with Crippen LogP contribution in [-0.4, -0.2) is 43.4 Å². The molecule has 1 fully saturated rings. The Balaban J connectivity index is 1.89. The normalized spacial score (nSPS) is 21.7. The number of pyridine rings is 1. The predicted octanol–water partition coefficient (Wildman–Crippen LogP) is 1.06. The second-order valence-corrected chi connectivity index (χ2v) is 5.29. The molecule has 2 heterocycles. The highest BCUT2D eigenvalue weighted by Crippen LogP contribution is 2.16. The van der Waals surface area contributed by atoms with Crippen molar-refractivity contribution in [1.29, 1.82) is 0 Å². The molecule has 1 saturated heterocycles. The zero-order valence-electron chi connectivity index (χ0n) is 12.3. The molecule has 6 nitrogen and oxygen atoms in total. The van der Waals surface area contributed by atoms with Gasteiger partial charge in [0.2, 0.25) is 0 Å². The molecular formula is C16H18N2O4. The molecule has 0 aliphatic carbocycles. The number of ether oxygens (including phenoxy) is 2. The summed E-state index contributed by atoms with van der Waals surface area (Å²) in [5.41, 5.74) is 0.235. The summed E-state index contributed by atoms with van der Waals surface area (Å²) in [6.07, 6.45) is 2.13. The topological polar surface area (TPSA) is 80.4 Å². The number of rotatable bonds is 3. The highest BCUT2D eigenvalue weighted by atomic mass is 16.5. The molecule has 1 aliphatic heterocycles. The molecule has 1 aromatic carbocycles. The van der Waals surface area contributed by atoms with Gasteiger partial charge in [-0.3, -0.25) is 9.59 Å². The summed E-state index contributed by atoms with van der Waals surface area (Å²) in [5, 5.41) is 4.07. The van der Waals surface area contributed by atoms with E-state index in [9.17, 15) is 9.59 Å². The zero-order chi connectivity index (χ0) is 15.5. The lowest BCUT2D eigenvalue weighted by molar-refractivity contribution is -0.0349. The number of carbonyl (C=O) groups excluding carboxylic acids is 1. The van der Waals surface area contributed by atoms with E-state index in [-0.39, 0.29) is 23.6 Å². The van der Waals surface area contributed by atoms with Gasteiger partial charge in [-0.15, -0.1) is 0 Å². The standard InChI is InChI=1S/C16H18N2O4/c1-21-14-6-7-22-9-13(14)18-16(20)12-8-17-15(19)11-5-3-2-4-10(11)12/h2-5,8,13-14H,6-7,9H2,1H3,(H,17,19)(H,18,20)/t13-,14-/m1/s1. The highest BCUT2D eigenvalue weighted by molar-refractivity contribution is 6.06. The van der Waals surface area contributed by atoms with E-state index >= 15 is 0 Å². The molecule has 116 valence electrons. The van der Waals surface area contributed by atoms with Crippen molar-refractivity contribution in [2.24, 2.45) is 0 Å². The maximum atomic E-state index is 12.6. The molecule has 2 atom stereocenters. The molecule has 1 aliphatic rings. The molecule has 6 heteroatoms. The van der Waals surface area contributed by atoms with Gasteiger partial charge in [0.25, 0.3) is 11.5 Å². The van der Waals surface area contributed by atoms with Crippen LogP contribution in [0.25, 0.3) is 10.8 Å². The lowest BCUT2D eigenvalue weighted by Crippen LogP contribution is -2.50. The van der Waals surface area contributed by atoms with Crippen LogP contribution in [0, 0.1) is 0 Å². The Morgan fingerprint density at radius 3 is 2.91 bits per heavy atom. The number of amides is 1. The average molecular weight is 302 g/mol. The molecule has 0 bridgehead atoms. The first-order valence-electron chi connectivity index (χ1n) is 7.22. The monoisotopic (exact) mass is 302 g/mol. The molecule has 3 rings (SSSR count). The number of methoxy groups -OCH3 is 1. The number of benzene rings is 1. The number of hydrogen-bond donors (Lipinski definition) is 2. The first-order valence-corrected chi connectivity index (χ1v) is 7.22. The number of aromatic nitrogens is 1. The molecule has 0 unspecified atom stereocenters. The van der Waals surface area contributed by atoms with Gasteiger partial charge in [0.1, 0.15) is 0 Å². The smallest absolute Gasteiger partial charge is 0.255 e. The van der Waals surface area contributed by atoms with Crippen LogP contribution in [0.2, 0.25) is 0 Å². The quantitative estimate of drug-likeness (QED) is 0.888. The maximum Gasteiger partial charge on any atom is 0.255 e. The molecular weight excluding hydrogens is 284 g/mol. The second-order valence-electron chi connectivity index (χ2n) is 5.29. The molecule has 2 N–H and O–H groups in total. The van der Waals surface area contributed by atoms with E-state index in [1.807, 2.05) is 0 Å². The van der Waals surface area contributed by atoms with Gasteiger partial charge < -0.3 is 19.8 Å². The Labute approximate surface area is 127 Å². The number of fused-ring (bicyclic) bond motifs is 1. The molecule has 0 radical (unpaired) electrons. The van der Waals surface area contributed by atoms with E-state index in [2.05, 4.69) is 10.3 Å². The van der Waals surface area contributed by atoms with E-state index in [1.54, 1.807) is 31.4 Å². The summed E-state index contributed by atoms with van der Waals surface area (Å²) in [5.74, 6) is -0.245. The van der Waals surface area contributed by atoms with Crippen LogP contribution in [-0.2, 0) is 9.47 Å². The Bertz CT molecular complexity index is 740. The fraction of sp³-hybridized carbons (Fsp3) is 0.375. The lowest BCUT2D eigenvalue weighted by atomic mass is 10.0. The SMILES string of the molecule is CO[C@@H]1CCOC[C@H]1NC(=O)c1c[nH]c(=O)c2ccccc12. The number of carbonyl (C=O) groups is 1. The minimum absolute atomic E-state index is 0.0632. The Hall–Kier alpha value is -2.18. The van der Waals surface area contributed by atoms with Crippen LogP contribution < -0.4 is 10.9 Å². The fourth-order valence-electron chi connectivity index (χ4n) is 2.78. The van der Waals surface area contributed by atoms with Gasteiger partial charge in [-0.2, -0.15) is 0 Å². The summed E-state index contributed by atoms with van der Waals surface area (Å²) in [4.78, 5) is 27.0. The second kappa shape index (κ2) is 6.29. The number of nitrogens with one attached hydrogen (secondary N) is 2. The van der Waals surface area contributed by atoms with Gasteiger partial charge >= 0.3 is 0 Å². The lowest BCUT2D eigenvalue weighted by Gasteiger charge is -2.31. The van der Waals surface area contributed by atoms with E-state index in [1.165, 1.54) is 6.20 Å². The Morgan fingerprint density at radius 2 is 2.14 bits per heavy atom. The van der Waals surface area contributed by atoms with Crippen molar-refractivity contribution < 1.29 is 14.3 Å². The Morgan fingerprint density at radius 1 is 1.36 bits per heavy atom. The van der Waals surface area contributed by atoms with Gasteiger partial charge in [-0.05, 0) is 12.5 Å². The van der Waals surface area contributed by atoms with Gasteiger partial charge in [0.05, 0.1) is 24.3 Å². The van der Waals surface area contributed by atoms with Crippen LogP contribution in [0.3, 0.4) is 0 Å². The summed E-state index contributed by atoms with van der Waals surface area (Å²) in [6.45, 7) is 1.05. The molecule has 0 saturated carbocycles. The van der Waals surface area contributed by atoms with Crippen molar-refractivity contribution in [2.75, 3.05) is 20.3 Å². The molecule has 1 amide bonds. The summed E-state index contributed by atoms with van der Waals surface area (Å²) < 4.78 is 10.8. The predicted molar refractivity (Wildman–Crippen MR) is 82.1 cm³/mol. The molecule has 1 aromatic heterocycles. The van der Waals surface area contributed by atoms with E-state index in [0.29, 0.717) is 29.5 Å². The third-order valence-electron chi connectivity index (χ3n) is 3.97. The average Bonchev–Trinajstić information content (AvgIpc) is 2.56. The summed E-state index contributed by atoms with van der Waals surface area (Å²) >= 11 is 0. The van der Waals surface area contributed by atoms with Crippen molar-refractivity contribution in [1.82, 2.24) is 10.3 Å². The number of aromatic amines is 1. The van der Waals surface area contributed by atoms with Crippen molar-refractivity contribution in [3.63, 3.8) is 0 Å². The molecule has 0 spiro atoms. The highest BCUT2D eigenvalue weighted by Gasteiger charge is 2.27. The molecule has 22 heavy (non-hydrogen) atoms. The number of hydrogen-bond acceptors (Lipinski definition) is 4. The zero-order valence-corrected chi connectivity index (χ0v) is 12.3. The number of H-pyrrole nitrogens is 1. The summed E-state index contributed by atoms with van der Waals surface area (Å²) in [6, 6.07) is 6.85. The van der Waals surface area contributed by atoms with Crippen LogP contribution in [0.4, 0.5) is 0 Å². The fourth-order valence-corrected chi connectivity index (χ4v) is 2.78. The van der Waals surface area contributed by atoms with Gasteiger partial charge in [-0.1, -0.05) is 18.2 Å². The minimum atomic E-state index is -0.245. The van der Waals surface area contributed by atoms with Crippen LogP contribution in [0.15, 0.2) is 35.3 Å². The first-order chi connectivity index (χ1) is 10.7. The van der Waals surface area contributed by atoms with Crippen molar-refractivity contribution in [2.45, 2.75) is 18.6 Å².